The Hall–Kier alpha value is -3.03. The standard InChI is InChI=1S/C22H30N2O6/c1-12(2)11-30-21(26)18-15(5)23-14(4)17(20(25)28-6)19(18)16-10-24(22(27)29-7)9-8-13(16)3/h8-10,12-13,19,23H,11H2,1-7H3. The van der Waals surface area contributed by atoms with Crippen molar-refractivity contribution in [2.75, 3.05) is 20.8 Å². The first-order valence-electron chi connectivity index (χ1n) is 9.82. The van der Waals surface area contributed by atoms with Gasteiger partial charge in [-0.1, -0.05) is 26.8 Å². The minimum absolute atomic E-state index is 0.151. The van der Waals surface area contributed by atoms with E-state index in [4.69, 9.17) is 14.2 Å². The van der Waals surface area contributed by atoms with Crippen molar-refractivity contribution >= 4 is 18.0 Å². The van der Waals surface area contributed by atoms with Crippen molar-refractivity contribution in [1.82, 2.24) is 10.2 Å². The number of nitrogens with one attached hydrogen (secondary N) is 1. The summed E-state index contributed by atoms with van der Waals surface area (Å²) in [5, 5.41) is 3.10. The van der Waals surface area contributed by atoms with E-state index in [2.05, 4.69) is 5.32 Å². The summed E-state index contributed by atoms with van der Waals surface area (Å²) in [4.78, 5) is 39.1. The van der Waals surface area contributed by atoms with Gasteiger partial charge >= 0.3 is 18.0 Å². The van der Waals surface area contributed by atoms with Crippen molar-refractivity contribution in [3.63, 3.8) is 0 Å². The van der Waals surface area contributed by atoms with Crippen LogP contribution >= 0.6 is 0 Å². The van der Waals surface area contributed by atoms with Gasteiger partial charge in [-0.3, -0.25) is 4.90 Å². The first-order chi connectivity index (χ1) is 14.1. The number of hydrogen-bond acceptors (Lipinski definition) is 7. The average molecular weight is 418 g/mol. The van der Waals surface area contributed by atoms with Crippen LogP contribution in [0.2, 0.25) is 0 Å². The van der Waals surface area contributed by atoms with Crippen LogP contribution < -0.4 is 5.32 Å². The van der Waals surface area contributed by atoms with E-state index in [0.29, 0.717) is 28.1 Å². The summed E-state index contributed by atoms with van der Waals surface area (Å²) in [6.07, 6.45) is 4.44. The van der Waals surface area contributed by atoms with Crippen LogP contribution in [0.3, 0.4) is 0 Å². The van der Waals surface area contributed by atoms with Crippen molar-refractivity contribution in [3.05, 3.63) is 46.6 Å². The van der Waals surface area contributed by atoms with Gasteiger partial charge < -0.3 is 19.5 Å². The summed E-state index contributed by atoms with van der Waals surface area (Å²) in [5.74, 6) is -1.79. The quantitative estimate of drug-likeness (QED) is 0.541. The van der Waals surface area contributed by atoms with Crippen molar-refractivity contribution in [3.8, 4) is 0 Å². The van der Waals surface area contributed by atoms with Crippen LogP contribution in [-0.2, 0) is 23.8 Å². The molecule has 0 aromatic rings. The number of hydrogen-bond donors (Lipinski definition) is 1. The third-order valence-corrected chi connectivity index (χ3v) is 5.00. The van der Waals surface area contributed by atoms with Gasteiger partial charge in [0, 0.05) is 23.8 Å². The molecule has 0 saturated carbocycles. The fraction of sp³-hybridized carbons (Fsp3) is 0.500. The van der Waals surface area contributed by atoms with Gasteiger partial charge in [-0.2, -0.15) is 0 Å². The highest BCUT2D eigenvalue weighted by atomic mass is 16.5. The van der Waals surface area contributed by atoms with E-state index in [1.54, 1.807) is 26.2 Å². The maximum absolute atomic E-state index is 13.1. The van der Waals surface area contributed by atoms with E-state index in [9.17, 15) is 14.4 Å². The monoisotopic (exact) mass is 418 g/mol. The van der Waals surface area contributed by atoms with Gasteiger partial charge in [0.05, 0.1) is 37.9 Å². The highest BCUT2D eigenvalue weighted by Gasteiger charge is 2.41. The maximum Gasteiger partial charge on any atom is 0.417 e. The van der Waals surface area contributed by atoms with Gasteiger partial charge in [-0.25, -0.2) is 14.4 Å². The molecule has 2 aliphatic rings. The molecule has 2 heterocycles. The van der Waals surface area contributed by atoms with Crippen molar-refractivity contribution < 1.29 is 28.6 Å². The molecule has 8 heteroatoms. The lowest BCUT2D eigenvalue weighted by Crippen LogP contribution is -2.37. The van der Waals surface area contributed by atoms with Crippen LogP contribution in [0.5, 0.6) is 0 Å². The summed E-state index contributed by atoms with van der Waals surface area (Å²) >= 11 is 0. The van der Waals surface area contributed by atoms with Gasteiger partial charge in [-0.15, -0.1) is 0 Å². The molecule has 2 unspecified atom stereocenters. The molecule has 164 valence electrons. The minimum atomic E-state index is -0.731. The van der Waals surface area contributed by atoms with Crippen molar-refractivity contribution in [1.29, 1.82) is 0 Å². The molecule has 0 fully saturated rings. The summed E-state index contributed by atoms with van der Waals surface area (Å²) in [7, 11) is 2.58. The second kappa shape index (κ2) is 9.65. The number of esters is 2. The van der Waals surface area contributed by atoms with Crippen molar-refractivity contribution in [2.45, 2.75) is 34.6 Å². The maximum atomic E-state index is 13.1. The Balaban J connectivity index is 2.62. The lowest BCUT2D eigenvalue weighted by atomic mass is 9.75. The third kappa shape index (κ3) is 4.75. The average Bonchev–Trinajstić information content (AvgIpc) is 2.70. The zero-order valence-corrected chi connectivity index (χ0v) is 18.6. The summed E-state index contributed by atoms with van der Waals surface area (Å²) in [5.41, 5.74) is 2.47. The Kier molecular flexibility index (Phi) is 7.48. The highest BCUT2D eigenvalue weighted by molar-refractivity contribution is 5.99. The fourth-order valence-electron chi connectivity index (χ4n) is 3.51. The smallest absolute Gasteiger partial charge is 0.417 e. The molecular formula is C22H30N2O6. The molecule has 2 atom stereocenters. The number of methoxy groups -OCH3 is 2. The molecule has 0 radical (unpaired) electrons. The molecule has 0 aromatic heterocycles. The normalized spacial score (nSPS) is 21.3. The second-order valence-electron chi connectivity index (χ2n) is 7.76. The third-order valence-electron chi connectivity index (χ3n) is 5.00. The number of ether oxygens (including phenoxy) is 3. The SMILES string of the molecule is COC(=O)C1=C(C)NC(C)=C(C(=O)OCC(C)C)C1C1=CN(C(=O)OC)C=CC1C. The van der Waals surface area contributed by atoms with Gasteiger partial charge in [0.25, 0.3) is 0 Å². The fourth-order valence-corrected chi connectivity index (χ4v) is 3.51. The van der Waals surface area contributed by atoms with Gasteiger partial charge in [0.1, 0.15) is 0 Å². The number of carbonyl (C=O) groups excluding carboxylic acids is 3. The minimum Gasteiger partial charge on any atom is -0.466 e. The Morgan fingerprint density at radius 1 is 1.07 bits per heavy atom. The Morgan fingerprint density at radius 2 is 1.67 bits per heavy atom. The van der Waals surface area contributed by atoms with Crippen molar-refractivity contribution in [2.24, 2.45) is 17.8 Å². The first-order valence-corrected chi connectivity index (χ1v) is 9.82. The highest BCUT2D eigenvalue weighted by Crippen LogP contribution is 2.41. The van der Waals surface area contributed by atoms with E-state index in [1.807, 2.05) is 26.8 Å². The van der Waals surface area contributed by atoms with E-state index in [0.717, 1.165) is 0 Å². The van der Waals surface area contributed by atoms with E-state index in [-0.39, 0.29) is 18.4 Å². The predicted octanol–water partition coefficient (Wildman–Crippen LogP) is 3.24. The topological polar surface area (TPSA) is 94.2 Å². The molecule has 0 aromatic carbocycles. The predicted molar refractivity (Wildman–Crippen MR) is 110 cm³/mol. The lowest BCUT2D eigenvalue weighted by Gasteiger charge is -2.35. The molecule has 2 aliphatic heterocycles. The van der Waals surface area contributed by atoms with Crippen LogP contribution in [0, 0.1) is 17.8 Å². The number of allylic oxidation sites excluding steroid dienone is 4. The van der Waals surface area contributed by atoms with E-state index >= 15 is 0 Å². The van der Waals surface area contributed by atoms with Crippen LogP contribution in [0.25, 0.3) is 0 Å². The zero-order chi connectivity index (χ0) is 22.6. The molecule has 1 amide bonds. The summed E-state index contributed by atoms with van der Waals surface area (Å²) in [6, 6.07) is 0. The molecule has 0 bridgehead atoms. The van der Waals surface area contributed by atoms with Gasteiger partial charge in [-0.05, 0) is 31.3 Å². The van der Waals surface area contributed by atoms with E-state index < -0.39 is 23.9 Å². The molecular weight excluding hydrogens is 388 g/mol. The number of carbonyl (C=O) groups is 3. The van der Waals surface area contributed by atoms with E-state index in [1.165, 1.54) is 19.1 Å². The molecule has 8 nitrogen and oxygen atoms in total. The van der Waals surface area contributed by atoms with Crippen LogP contribution in [0.1, 0.15) is 34.6 Å². The number of dihydropyridines is 1. The lowest BCUT2D eigenvalue weighted by molar-refractivity contribution is -0.140. The van der Waals surface area contributed by atoms with Gasteiger partial charge in [0.2, 0.25) is 0 Å². The molecule has 1 N–H and O–H groups in total. The molecule has 30 heavy (non-hydrogen) atoms. The summed E-state index contributed by atoms with van der Waals surface area (Å²) < 4.78 is 15.3. The number of nitrogens with zero attached hydrogens (tertiary/aromatic N) is 1. The molecule has 0 aliphatic carbocycles. The number of amides is 1. The number of rotatable bonds is 5. The first kappa shape index (κ1) is 23.3. The Labute approximate surface area is 177 Å². The molecule has 0 spiro atoms. The van der Waals surface area contributed by atoms with Crippen LogP contribution in [0.4, 0.5) is 4.79 Å². The van der Waals surface area contributed by atoms with Crippen LogP contribution in [-0.4, -0.2) is 43.8 Å². The Morgan fingerprint density at radius 3 is 2.20 bits per heavy atom. The second-order valence-corrected chi connectivity index (χ2v) is 7.76. The molecule has 0 saturated heterocycles. The van der Waals surface area contributed by atoms with Crippen LogP contribution in [0.15, 0.2) is 46.6 Å². The summed E-state index contributed by atoms with van der Waals surface area (Å²) in [6.45, 7) is 9.58. The zero-order valence-electron chi connectivity index (χ0n) is 18.6. The largest absolute Gasteiger partial charge is 0.466 e. The van der Waals surface area contributed by atoms with Gasteiger partial charge in [0.15, 0.2) is 0 Å². The molecule has 2 rings (SSSR count). The Bertz CT molecular complexity index is 850.